The largest absolute Gasteiger partial charge is 0.509 e. The molecule has 2 N–H and O–H groups in total. The van der Waals surface area contributed by atoms with Gasteiger partial charge in [0.15, 0.2) is 0 Å². The number of amides is 2. The number of hydrazine groups is 1. The van der Waals surface area contributed by atoms with Crippen LogP contribution in [-0.4, -0.2) is 39.0 Å². The standard InChI is InChI=1S/C23H19BrF2N4O3/c1-23-6-3-7-30(23)29(12-14-5-2-4-13(8-14)11-27)22(33)18(20(23)31)21(32)28-15-9-16(25)19(24)17(26)10-15/h2,4-5,8-10,31H,3,6-7,12H2,1H3,(H,28,32)/t23-/m1/s1. The first-order valence-electron chi connectivity index (χ1n) is 10.1. The number of halogens is 3. The molecule has 2 aliphatic heterocycles. The number of anilines is 1. The highest BCUT2D eigenvalue weighted by Crippen LogP contribution is 2.41. The Bertz CT molecular complexity index is 1220. The average Bonchev–Trinajstić information content (AvgIpc) is 3.18. The van der Waals surface area contributed by atoms with Gasteiger partial charge in [-0.15, -0.1) is 0 Å². The number of carbonyl (C=O) groups excluding carboxylic acids is 2. The van der Waals surface area contributed by atoms with Crippen LogP contribution in [0.4, 0.5) is 14.5 Å². The molecule has 33 heavy (non-hydrogen) atoms. The van der Waals surface area contributed by atoms with E-state index in [1.807, 2.05) is 6.07 Å². The van der Waals surface area contributed by atoms with Crippen molar-refractivity contribution in [1.29, 1.82) is 5.26 Å². The summed E-state index contributed by atoms with van der Waals surface area (Å²) < 4.78 is 27.4. The minimum Gasteiger partial charge on any atom is -0.509 e. The summed E-state index contributed by atoms with van der Waals surface area (Å²) in [7, 11) is 0. The Hall–Kier alpha value is -3.29. The van der Waals surface area contributed by atoms with Crippen molar-refractivity contribution in [3.63, 3.8) is 0 Å². The van der Waals surface area contributed by atoms with Gasteiger partial charge in [-0.2, -0.15) is 5.26 Å². The maximum absolute atomic E-state index is 13.9. The SMILES string of the molecule is C[C@]12CCCN1N(Cc1cccc(C#N)c1)C(=O)C(C(=O)Nc1cc(F)c(Br)c(F)c1)=C2O. The van der Waals surface area contributed by atoms with Crippen LogP contribution in [0.25, 0.3) is 0 Å². The van der Waals surface area contributed by atoms with E-state index in [0.717, 1.165) is 12.1 Å². The van der Waals surface area contributed by atoms with E-state index in [1.54, 1.807) is 36.2 Å². The molecule has 7 nitrogen and oxygen atoms in total. The number of nitrogens with zero attached hydrogens (tertiary/aromatic N) is 3. The smallest absolute Gasteiger partial charge is 0.277 e. The van der Waals surface area contributed by atoms with Crippen LogP contribution in [0.5, 0.6) is 0 Å². The highest BCUT2D eigenvalue weighted by atomic mass is 79.9. The molecule has 0 unspecified atom stereocenters. The predicted octanol–water partition coefficient (Wildman–Crippen LogP) is 4.16. The van der Waals surface area contributed by atoms with Crippen molar-refractivity contribution in [3.8, 4) is 6.07 Å². The molecule has 4 rings (SSSR count). The molecule has 1 saturated heterocycles. The summed E-state index contributed by atoms with van der Waals surface area (Å²) in [5, 5.41) is 25.5. The number of benzene rings is 2. The van der Waals surface area contributed by atoms with Gasteiger partial charge in [0.1, 0.15) is 23.0 Å². The average molecular weight is 517 g/mol. The van der Waals surface area contributed by atoms with E-state index in [-0.39, 0.29) is 22.5 Å². The van der Waals surface area contributed by atoms with Crippen LogP contribution in [0.3, 0.4) is 0 Å². The number of carbonyl (C=O) groups is 2. The Labute approximate surface area is 197 Å². The van der Waals surface area contributed by atoms with Gasteiger partial charge in [0, 0.05) is 12.2 Å². The first kappa shape index (κ1) is 22.9. The van der Waals surface area contributed by atoms with Gasteiger partial charge in [-0.05, 0) is 65.5 Å². The Morgan fingerprint density at radius 1 is 1.30 bits per heavy atom. The number of hydrogen-bond acceptors (Lipinski definition) is 5. The van der Waals surface area contributed by atoms with Crippen molar-refractivity contribution < 1.29 is 23.5 Å². The third-order valence-electron chi connectivity index (χ3n) is 5.95. The van der Waals surface area contributed by atoms with E-state index in [1.165, 1.54) is 5.01 Å². The second-order valence-corrected chi connectivity index (χ2v) is 8.90. The lowest BCUT2D eigenvalue weighted by Crippen LogP contribution is -2.60. The maximum Gasteiger partial charge on any atom is 0.277 e. The molecule has 0 radical (unpaired) electrons. The van der Waals surface area contributed by atoms with Crippen LogP contribution in [-0.2, 0) is 16.1 Å². The van der Waals surface area contributed by atoms with Crippen LogP contribution < -0.4 is 5.32 Å². The number of aliphatic hydroxyl groups is 1. The van der Waals surface area contributed by atoms with Crippen molar-refractivity contribution in [1.82, 2.24) is 10.0 Å². The van der Waals surface area contributed by atoms with E-state index in [9.17, 15) is 23.5 Å². The normalized spacial score (nSPS) is 20.6. The van der Waals surface area contributed by atoms with E-state index >= 15 is 0 Å². The number of aliphatic hydroxyl groups excluding tert-OH is 1. The van der Waals surface area contributed by atoms with Gasteiger partial charge >= 0.3 is 0 Å². The van der Waals surface area contributed by atoms with Gasteiger partial charge in [0.25, 0.3) is 11.8 Å². The van der Waals surface area contributed by atoms with Crippen molar-refractivity contribution in [3.05, 3.63) is 75.0 Å². The molecule has 0 bridgehead atoms. The third kappa shape index (κ3) is 3.98. The Balaban J connectivity index is 1.70. The van der Waals surface area contributed by atoms with E-state index < -0.39 is 34.6 Å². The molecule has 2 aromatic carbocycles. The number of nitrogens with one attached hydrogen (secondary N) is 1. The second-order valence-electron chi connectivity index (χ2n) is 8.11. The number of rotatable bonds is 4. The Kier molecular flexibility index (Phi) is 5.95. The molecular weight excluding hydrogens is 498 g/mol. The van der Waals surface area contributed by atoms with Gasteiger partial charge in [0.05, 0.1) is 28.2 Å². The van der Waals surface area contributed by atoms with E-state index in [2.05, 4.69) is 21.2 Å². The molecule has 0 aliphatic carbocycles. The van der Waals surface area contributed by atoms with Crippen molar-refractivity contribution in [2.24, 2.45) is 0 Å². The Morgan fingerprint density at radius 3 is 2.67 bits per heavy atom. The molecule has 1 atom stereocenters. The fraction of sp³-hybridized carbons (Fsp3) is 0.261. The van der Waals surface area contributed by atoms with Crippen LogP contribution in [0.1, 0.15) is 30.9 Å². The molecule has 1 fully saturated rings. The number of nitriles is 1. The molecular formula is C23H19BrF2N4O3. The summed E-state index contributed by atoms with van der Waals surface area (Å²) in [5.41, 5.74) is -0.579. The summed E-state index contributed by atoms with van der Waals surface area (Å²) >= 11 is 2.76. The van der Waals surface area contributed by atoms with Crippen molar-refractivity contribution >= 4 is 33.4 Å². The Morgan fingerprint density at radius 2 is 2.00 bits per heavy atom. The van der Waals surface area contributed by atoms with Gasteiger partial charge in [-0.3, -0.25) is 14.6 Å². The number of fused-ring (bicyclic) bond motifs is 1. The first-order chi connectivity index (χ1) is 15.7. The van der Waals surface area contributed by atoms with E-state index in [0.29, 0.717) is 30.5 Å². The van der Waals surface area contributed by atoms with Crippen LogP contribution in [0, 0.1) is 23.0 Å². The van der Waals surface area contributed by atoms with Crippen LogP contribution in [0.2, 0.25) is 0 Å². The third-order valence-corrected chi connectivity index (χ3v) is 6.70. The second kappa shape index (κ2) is 8.57. The van der Waals surface area contributed by atoms with Gasteiger partial charge in [0.2, 0.25) is 0 Å². The zero-order valence-electron chi connectivity index (χ0n) is 17.5. The molecule has 2 heterocycles. The zero-order valence-corrected chi connectivity index (χ0v) is 19.1. The molecule has 2 aliphatic rings. The van der Waals surface area contributed by atoms with Crippen molar-refractivity contribution in [2.45, 2.75) is 31.8 Å². The van der Waals surface area contributed by atoms with Crippen molar-refractivity contribution in [2.75, 3.05) is 11.9 Å². The maximum atomic E-state index is 13.9. The van der Waals surface area contributed by atoms with Crippen LogP contribution >= 0.6 is 15.9 Å². The lowest BCUT2D eigenvalue weighted by molar-refractivity contribution is -0.160. The fourth-order valence-corrected chi connectivity index (χ4v) is 4.51. The lowest BCUT2D eigenvalue weighted by Gasteiger charge is -2.46. The molecule has 2 amide bonds. The zero-order chi connectivity index (χ0) is 23.9. The van der Waals surface area contributed by atoms with E-state index in [4.69, 9.17) is 5.26 Å². The molecule has 0 saturated carbocycles. The highest BCUT2D eigenvalue weighted by molar-refractivity contribution is 9.10. The minimum atomic E-state index is -0.996. The summed E-state index contributed by atoms with van der Waals surface area (Å²) in [6, 6.07) is 10.6. The molecule has 10 heteroatoms. The van der Waals surface area contributed by atoms with Gasteiger partial charge < -0.3 is 10.4 Å². The molecule has 2 aromatic rings. The molecule has 170 valence electrons. The quantitative estimate of drug-likeness (QED) is 0.469. The van der Waals surface area contributed by atoms with Gasteiger partial charge in [-0.1, -0.05) is 12.1 Å². The molecule has 0 spiro atoms. The summed E-state index contributed by atoms with van der Waals surface area (Å²) in [5.74, 6) is -3.95. The fourth-order valence-electron chi connectivity index (χ4n) is 4.28. The predicted molar refractivity (Wildman–Crippen MR) is 118 cm³/mol. The molecule has 0 aromatic heterocycles. The summed E-state index contributed by atoms with van der Waals surface area (Å²) in [6.45, 7) is 2.30. The van der Waals surface area contributed by atoms with Gasteiger partial charge in [-0.25, -0.2) is 13.8 Å². The first-order valence-corrected chi connectivity index (χ1v) is 10.9. The minimum absolute atomic E-state index is 0.0789. The highest BCUT2D eigenvalue weighted by Gasteiger charge is 2.52. The summed E-state index contributed by atoms with van der Waals surface area (Å²) in [4.78, 5) is 26.4. The summed E-state index contributed by atoms with van der Waals surface area (Å²) in [6.07, 6.45) is 1.18. The topological polar surface area (TPSA) is 96.7 Å². The lowest BCUT2D eigenvalue weighted by atomic mass is 9.90. The monoisotopic (exact) mass is 516 g/mol. The number of hydrogen-bond donors (Lipinski definition) is 2. The van der Waals surface area contributed by atoms with Crippen LogP contribution in [0.15, 0.2) is 52.2 Å².